The van der Waals surface area contributed by atoms with Crippen LogP contribution >= 0.6 is 11.8 Å². The standard InChI is InChI=1S/C22H22N2S/c1-16-7-4-12-20(22-23-13-6-14-24-22)21(16)25-15-18-10-5-9-17-8-2-3-11-19(17)18/h2-5,7-12H,6,13-15H2,1H3,(H,23,24). The number of nitrogens with zero attached hydrogens (tertiary/aromatic N) is 1. The van der Waals surface area contributed by atoms with Crippen molar-refractivity contribution in [2.75, 3.05) is 13.1 Å². The zero-order valence-corrected chi connectivity index (χ0v) is 15.3. The first-order valence-electron chi connectivity index (χ1n) is 8.81. The molecule has 2 nitrogen and oxygen atoms in total. The molecule has 0 atom stereocenters. The van der Waals surface area contributed by atoms with Crippen molar-refractivity contribution in [2.45, 2.75) is 24.0 Å². The van der Waals surface area contributed by atoms with Gasteiger partial charge >= 0.3 is 0 Å². The molecule has 0 aliphatic carbocycles. The monoisotopic (exact) mass is 346 g/mol. The number of aryl methyl sites for hydroxylation is 1. The minimum atomic E-state index is 0.920. The minimum Gasteiger partial charge on any atom is -0.370 e. The lowest BCUT2D eigenvalue weighted by molar-refractivity contribution is 0.741. The second-order valence-electron chi connectivity index (χ2n) is 6.39. The van der Waals surface area contributed by atoms with Crippen molar-refractivity contribution < 1.29 is 0 Å². The summed E-state index contributed by atoms with van der Waals surface area (Å²) in [6.45, 7) is 4.13. The number of amidine groups is 1. The summed E-state index contributed by atoms with van der Waals surface area (Å²) in [5.41, 5.74) is 3.94. The summed E-state index contributed by atoms with van der Waals surface area (Å²) in [5.74, 6) is 2.02. The van der Waals surface area contributed by atoms with Gasteiger partial charge in [-0.15, -0.1) is 11.8 Å². The fourth-order valence-electron chi connectivity index (χ4n) is 3.31. The molecule has 3 aromatic rings. The molecule has 25 heavy (non-hydrogen) atoms. The number of thioether (sulfide) groups is 1. The van der Waals surface area contributed by atoms with Crippen LogP contribution in [0.4, 0.5) is 0 Å². The van der Waals surface area contributed by atoms with Crippen LogP contribution in [0, 0.1) is 6.92 Å². The highest BCUT2D eigenvalue weighted by Crippen LogP contribution is 2.32. The molecule has 3 aromatic carbocycles. The molecule has 0 saturated heterocycles. The highest BCUT2D eigenvalue weighted by molar-refractivity contribution is 7.98. The minimum absolute atomic E-state index is 0.920. The molecule has 0 radical (unpaired) electrons. The summed E-state index contributed by atoms with van der Waals surface area (Å²) >= 11 is 1.91. The number of rotatable bonds is 4. The molecule has 0 aromatic heterocycles. The van der Waals surface area contributed by atoms with E-state index in [0.717, 1.165) is 31.1 Å². The largest absolute Gasteiger partial charge is 0.370 e. The molecule has 4 rings (SSSR count). The fourth-order valence-corrected chi connectivity index (χ4v) is 4.48. The van der Waals surface area contributed by atoms with Crippen LogP contribution in [0.25, 0.3) is 10.8 Å². The first kappa shape index (κ1) is 16.2. The summed E-state index contributed by atoms with van der Waals surface area (Å²) in [6.07, 6.45) is 1.12. The van der Waals surface area contributed by atoms with Gasteiger partial charge in [0.25, 0.3) is 0 Å². The molecule has 1 N–H and O–H groups in total. The molecule has 3 heteroatoms. The van der Waals surface area contributed by atoms with Crippen molar-refractivity contribution in [2.24, 2.45) is 4.99 Å². The van der Waals surface area contributed by atoms with E-state index in [1.165, 1.54) is 32.4 Å². The average molecular weight is 346 g/mol. The summed E-state index contributed by atoms with van der Waals surface area (Å²) in [4.78, 5) is 6.04. The smallest absolute Gasteiger partial charge is 0.129 e. The summed E-state index contributed by atoms with van der Waals surface area (Å²) in [7, 11) is 0. The number of aliphatic imine (C=N–C) groups is 1. The molecule has 0 unspecified atom stereocenters. The molecule has 1 aliphatic heterocycles. The Morgan fingerprint density at radius 3 is 2.72 bits per heavy atom. The predicted molar refractivity (Wildman–Crippen MR) is 109 cm³/mol. The molecule has 0 saturated carbocycles. The molecule has 1 aliphatic rings. The lowest BCUT2D eigenvalue weighted by Crippen LogP contribution is -2.30. The van der Waals surface area contributed by atoms with Crippen LogP contribution in [0.3, 0.4) is 0 Å². The van der Waals surface area contributed by atoms with Crippen molar-refractivity contribution in [3.05, 3.63) is 77.4 Å². The zero-order chi connectivity index (χ0) is 17.1. The lowest BCUT2D eigenvalue weighted by atomic mass is 10.1. The maximum absolute atomic E-state index is 4.70. The SMILES string of the molecule is Cc1cccc(C2=NCCCN2)c1SCc1cccc2ccccc12. The van der Waals surface area contributed by atoms with Crippen LogP contribution < -0.4 is 5.32 Å². The Labute approximate surface area is 153 Å². The van der Waals surface area contributed by atoms with Gasteiger partial charge in [-0.25, -0.2) is 0 Å². The number of benzene rings is 3. The molecule has 0 amide bonds. The lowest BCUT2D eigenvalue weighted by Gasteiger charge is -2.19. The quantitative estimate of drug-likeness (QED) is 0.658. The normalized spacial score (nSPS) is 14.2. The molecular weight excluding hydrogens is 324 g/mol. The van der Waals surface area contributed by atoms with Crippen LogP contribution in [0.2, 0.25) is 0 Å². The Kier molecular flexibility index (Phi) is 4.75. The summed E-state index contributed by atoms with van der Waals surface area (Å²) in [5, 5.41) is 6.12. The molecule has 0 bridgehead atoms. The first-order valence-corrected chi connectivity index (χ1v) is 9.79. The molecular formula is C22H22N2S. The van der Waals surface area contributed by atoms with Gasteiger partial charge in [-0.2, -0.15) is 0 Å². The topological polar surface area (TPSA) is 24.4 Å². The van der Waals surface area contributed by atoms with E-state index in [1.54, 1.807) is 0 Å². The third-order valence-corrected chi connectivity index (χ3v) is 5.90. The van der Waals surface area contributed by atoms with Gasteiger partial charge in [0.05, 0.1) is 0 Å². The van der Waals surface area contributed by atoms with Crippen LogP contribution in [0.5, 0.6) is 0 Å². The Morgan fingerprint density at radius 1 is 1.00 bits per heavy atom. The Hall–Kier alpha value is -2.26. The number of nitrogens with one attached hydrogen (secondary N) is 1. The number of hydrogen-bond acceptors (Lipinski definition) is 3. The van der Waals surface area contributed by atoms with E-state index in [0.29, 0.717) is 0 Å². The van der Waals surface area contributed by atoms with E-state index in [2.05, 4.69) is 72.9 Å². The maximum atomic E-state index is 4.70. The second kappa shape index (κ2) is 7.32. The van der Waals surface area contributed by atoms with E-state index in [-0.39, 0.29) is 0 Å². The van der Waals surface area contributed by atoms with Crippen LogP contribution in [0.15, 0.2) is 70.6 Å². The van der Waals surface area contributed by atoms with Gasteiger partial charge in [-0.3, -0.25) is 4.99 Å². The van der Waals surface area contributed by atoms with Gasteiger partial charge in [0.1, 0.15) is 5.84 Å². The molecule has 1 heterocycles. The van der Waals surface area contributed by atoms with Gasteiger partial charge in [0.15, 0.2) is 0 Å². The van der Waals surface area contributed by atoms with Crippen LogP contribution in [0.1, 0.15) is 23.1 Å². The van der Waals surface area contributed by atoms with Gasteiger partial charge in [0, 0.05) is 29.3 Å². The van der Waals surface area contributed by atoms with E-state index >= 15 is 0 Å². The second-order valence-corrected chi connectivity index (χ2v) is 7.37. The zero-order valence-electron chi connectivity index (χ0n) is 14.5. The van der Waals surface area contributed by atoms with E-state index < -0.39 is 0 Å². The van der Waals surface area contributed by atoms with Crippen molar-refractivity contribution in [3.63, 3.8) is 0 Å². The Balaban J connectivity index is 1.66. The number of hydrogen-bond donors (Lipinski definition) is 1. The molecule has 126 valence electrons. The highest BCUT2D eigenvalue weighted by atomic mass is 32.2. The molecule has 0 fully saturated rings. The maximum Gasteiger partial charge on any atom is 0.129 e. The van der Waals surface area contributed by atoms with Crippen molar-refractivity contribution in [1.82, 2.24) is 5.32 Å². The van der Waals surface area contributed by atoms with Crippen molar-refractivity contribution in [1.29, 1.82) is 0 Å². The average Bonchev–Trinajstić information content (AvgIpc) is 2.67. The summed E-state index contributed by atoms with van der Waals surface area (Å²) < 4.78 is 0. The van der Waals surface area contributed by atoms with Crippen molar-refractivity contribution in [3.8, 4) is 0 Å². The van der Waals surface area contributed by atoms with Gasteiger partial charge in [-0.1, -0.05) is 60.7 Å². The van der Waals surface area contributed by atoms with Crippen molar-refractivity contribution >= 4 is 28.4 Å². The van der Waals surface area contributed by atoms with Crippen LogP contribution in [-0.4, -0.2) is 18.9 Å². The first-order chi connectivity index (χ1) is 12.3. The van der Waals surface area contributed by atoms with E-state index in [1.807, 2.05) is 11.8 Å². The van der Waals surface area contributed by atoms with E-state index in [4.69, 9.17) is 4.99 Å². The van der Waals surface area contributed by atoms with Gasteiger partial charge < -0.3 is 5.32 Å². The van der Waals surface area contributed by atoms with E-state index in [9.17, 15) is 0 Å². The number of fused-ring (bicyclic) bond motifs is 1. The highest BCUT2D eigenvalue weighted by Gasteiger charge is 2.14. The van der Waals surface area contributed by atoms with Crippen LogP contribution in [-0.2, 0) is 5.75 Å². The third-order valence-electron chi connectivity index (χ3n) is 4.62. The third kappa shape index (κ3) is 3.42. The van der Waals surface area contributed by atoms with Gasteiger partial charge in [0.2, 0.25) is 0 Å². The Bertz CT molecular complexity index is 925. The van der Waals surface area contributed by atoms with Gasteiger partial charge in [-0.05, 0) is 35.2 Å². The predicted octanol–water partition coefficient (Wildman–Crippen LogP) is 5.18. The summed E-state index contributed by atoms with van der Waals surface area (Å²) in [6, 6.07) is 21.7. The fraction of sp³-hybridized carbons (Fsp3) is 0.227. The Morgan fingerprint density at radius 2 is 1.84 bits per heavy atom. The molecule has 0 spiro atoms.